The average molecular weight is 298 g/mol. The van der Waals surface area contributed by atoms with E-state index in [9.17, 15) is 4.79 Å². The molecule has 2 N–H and O–H groups in total. The highest BCUT2D eigenvalue weighted by Gasteiger charge is 2.22. The fraction of sp³-hybridized carbons (Fsp3) is 0.125. The minimum Gasteiger partial charge on any atom is -0.486 e. The van der Waals surface area contributed by atoms with E-state index in [-0.39, 0.29) is 18.1 Å². The van der Waals surface area contributed by atoms with Crippen LogP contribution in [0, 0.1) is 0 Å². The number of carbonyl (C=O) groups excluding carboxylic acids is 1. The van der Waals surface area contributed by atoms with E-state index in [1.807, 2.05) is 30.3 Å². The molecule has 112 valence electrons. The molecule has 0 amide bonds. The van der Waals surface area contributed by atoms with Crippen LogP contribution in [-0.2, 0) is 11.3 Å². The number of esters is 1. The summed E-state index contributed by atoms with van der Waals surface area (Å²) in [6, 6.07) is 11.3. The third-order valence-corrected chi connectivity index (χ3v) is 3.19. The minimum absolute atomic E-state index is 0.0323. The van der Waals surface area contributed by atoms with Gasteiger partial charge in [-0.1, -0.05) is 30.3 Å². The summed E-state index contributed by atoms with van der Waals surface area (Å²) < 4.78 is 15.8. The van der Waals surface area contributed by atoms with Crippen molar-refractivity contribution in [3.8, 4) is 5.75 Å². The number of nitrogens with two attached hydrogens (primary N) is 1. The van der Waals surface area contributed by atoms with Crippen LogP contribution >= 0.6 is 0 Å². The van der Waals surface area contributed by atoms with Crippen molar-refractivity contribution >= 4 is 22.8 Å². The minimum atomic E-state index is -0.613. The summed E-state index contributed by atoms with van der Waals surface area (Å²) in [7, 11) is 1.28. The topological polar surface area (TPSA) is 87.6 Å². The molecule has 6 nitrogen and oxygen atoms in total. The molecule has 0 unspecified atom stereocenters. The smallest absolute Gasteiger partial charge is 0.360 e. The van der Waals surface area contributed by atoms with Crippen LogP contribution in [0.5, 0.6) is 5.75 Å². The summed E-state index contributed by atoms with van der Waals surface area (Å²) >= 11 is 0. The highest BCUT2D eigenvalue weighted by Crippen LogP contribution is 2.33. The number of ether oxygens (including phenoxy) is 2. The number of fused-ring (bicyclic) bond motifs is 1. The number of anilines is 1. The summed E-state index contributed by atoms with van der Waals surface area (Å²) in [6.07, 6.45) is 1.47. The highest BCUT2D eigenvalue weighted by molar-refractivity contribution is 6.01. The zero-order valence-corrected chi connectivity index (χ0v) is 11.9. The van der Waals surface area contributed by atoms with Crippen molar-refractivity contribution in [2.45, 2.75) is 6.61 Å². The molecule has 2 heterocycles. The lowest BCUT2D eigenvalue weighted by Gasteiger charge is -2.11. The molecule has 0 saturated carbocycles. The number of nitrogens with zero attached hydrogens (tertiary/aromatic N) is 1. The first-order valence-corrected chi connectivity index (χ1v) is 6.62. The van der Waals surface area contributed by atoms with Crippen LogP contribution in [-0.4, -0.2) is 18.1 Å². The second-order valence-corrected chi connectivity index (χ2v) is 4.60. The fourth-order valence-electron chi connectivity index (χ4n) is 2.15. The summed E-state index contributed by atoms with van der Waals surface area (Å²) in [4.78, 5) is 16.0. The predicted molar refractivity (Wildman–Crippen MR) is 80.5 cm³/mol. The largest absolute Gasteiger partial charge is 0.486 e. The van der Waals surface area contributed by atoms with Gasteiger partial charge in [-0.15, -0.1) is 0 Å². The van der Waals surface area contributed by atoms with Gasteiger partial charge in [0.1, 0.15) is 6.61 Å². The molecule has 0 bridgehead atoms. The summed E-state index contributed by atoms with van der Waals surface area (Å²) in [5, 5.41) is 0.587. The number of rotatable bonds is 4. The number of methoxy groups -OCH3 is 1. The van der Waals surface area contributed by atoms with Crippen LogP contribution in [0.25, 0.3) is 11.0 Å². The van der Waals surface area contributed by atoms with E-state index in [1.54, 1.807) is 6.07 Å². The molecule has 0 spiro atoms. The number of hydrogen-bond donors (Lipinski definition) is 1. The van der Waals surface area contributed by atoms with Crippen LogP contribution < -0.4 is 10.5 Å². The van der Waals surface area contributed by atoms with Crippen LogP contribution in [0.3, 0.4) is 0 Å². The molecule has 6 heteroatoms. The molecule has 0 aliphatic carbocycles. The second-order valence-electron chi connectivity index (χ2n) is 4.60. The zero-order chi connectivity index (χ0) is 15.5. The third kappa shape index (κ3) is 2.46. The number of furan rings is 1. The normalized spacial score (nSPS) is 10.6. The summed E-state index contributed by atoms with van der Waals surface area (Å²) in [6.45, 7) is 0.288. The summed E-state index contributed by atoms with van der Waals surface area (Å²) in [5.74, 6) is -0.195. The van der Waals surface area contributed by atoms with Gasteiger partial charge in [-0.3, -0.25) is 0 Å². The molecule has 0 atom stereocenters. The molecule has 0 aliphatic heterocycles. The van der Waals surface area contributed by atoms with E-state index < -0.39 is 5.97 Å². The summed E-state index contributed by atoms with van der Waals surface area (Å²) in [5.41, 5.74) is 7.18. The molecule has 2 aromatic heterocycles. The van der Waals surface area contributed by atoms with Gasteiger partial charge in [-0.05, 0) is 11.6 Å². The molecule has 0 aliphatic rings. The van der Waals surface area contributed by atoms with Gasteiger partial charge >= 0.3 is 5.97 Å². The Labute approximate surface area is 126 Å². The van der Waals surface area contributed by atoms with Gasteiger partial charge in [0.25, 0.3) is 0 Å². The highest BCUT2D eigenvalue weighted by atomic mass is 16.5. The third-order valence-electron chi connectivity index (χ3n) is 3.19. The van der Waals surface area contributed by atoms with Gasteiger partial charge in [0.15, 0.2) is 22.8 Å². The van der Waals surface area contributed by atoms with Crippen molar-refractivity contribution in [3.05, 3.63) is 53.9 Å². The molecular formula is C16H14N2O4. The van der Waals surface area contributed by atoms with E-state index >= 15 is 0 Å². The second kappa shape index (κ2) is 5.77. The molecule has 3 aromatic rings. The van der Waals surface area contributed by atoms with Gasteiger partial charge in [0.2, 0.25) is 0 Å². The number of nitrogen functional groups attached to an aromatic ring is 1. The number of pyridine rings is 1. The lowest BCUT2D eigenvalue weighted by atomic mass is 10.2. The number of aromatic nitrogens is 1. The van der Waals surface area contributed by atoms with Crippen LogP contribution in [0.2, 0.25) is 0 Å². The van der Waals surface area contributed by atoms with Crippen LogP contribution in [0.4, 0.5) is 5.82 Å². The molecule has 0 fully saturated rings. The van der Waals surface area contributed by atoms with Crippen molar-refractivity contribution in [1.29, 1.82) is 0 Å². The molecular weight excluding hydrogens is 284 g/mol. The van der Waals surface area contributed by atoms with Crippen LogP contribution in [0.1, 0.15) is 16.1 Å². The van der Waals surface area contributed by atoms with Crippen molar-refractivity contribution in [3.63, 3.8) is 0 Å². The lowest BCUT2D eigenvalue weighted by Crippen LogP contribution is -2.10. The SMILES string of the molecule is COC(=O)c1nc(N)c2occc2c1OCc1ccccc1. The Balaban J connectivity index is 2.03. The quantitative estimate of drug-likeness (QED) is 0.745. The Kier molecular flexibility index (Phi) is 3.65. The zero-order valence-electron chi connectivity index (χ0n) is 11.9. The fourth-order valence-corrected chi connectivity index (χ4v) is 2.15. The van der Waals surface area contributed by atoms with Crippen molar-refractivity contribution in [1.82, 2.24) is 4.98 Å². The van der Waals surface area contributed by atoms with Gasteiger partial charge in [0.05, 0.1) is 18.8 Å². The molecule has 3 rings (SSSR count). The van der Waals surface area contributed by atoms with Gasteiger partial charge in [-0.25, -0.2) is 9.78 Å². The first-order valence-electron chi connectivity index (χ1n) is 6.62. The molecule has 0 saturated heterocycles. The van der Waals surface area contributed by atoms with Crippen molar-refractivity contribution in [2.75, 3.05) is 12.8 Å². The van der Waals surface area contributed by atoms with E-state index in [2.05, 4.69) is 4.98 Å². The first kappa shape index (κ1) is 13.9. The molecule has 22 heavy (non-hydrogen) atoms. The monoisotopic (exact) mass is 298 g/mol. The van der Waals surface area contributed by atoms with Gasteiger partial charge < -0.3 is 19.6 Å². The maximum Gasteiger partial charge on any atom is 0.360 e. The Morgan fingerprint density at radius 1 is 1.27 bits per heavy atom. The van der Waals surface area contributed by atoms with E-state index in [4.69, 9.17) is 19.6 Å². The van der Waals surface area contributed by atoms with E-state index in [0.717, 1.165) is 5.56 Å². The predicted octanol–water partition coefficient (Wildman–Crippen LogP) is 2.78. The van der Waals surface area contributed by atoms with Crippen molar-refractivity contribution in [2.24, 2.45) is 0 Å². The molecule has 0 radical (unpaired) electrons. The maximum atomic E-state index is 11.9. The number of carbonyl (C=O) groups is 1. The number of benzene rings is 1. The standard InChI is InChI=1S/C16H14N2O4/c1-20-16(19)12-13(22-9-10-5-3-2-4-6-10)11-7-8-21-14(11)15(17)18-12/h2-8H,9H2,1H3,(H2,17,18). The molecule has 1 aromatic carbocycles. The van der Waals surface area contributed by atoms with Gasteiger partial charge in [0, 0.05) is 0 Å². The Bertz CT molecular complexity index is 812. The van der Waals surface area contributed by atoms with Crippen LogP contribution in [0.15, 0.2) is 47.1 Å². The average Bonchev–Trinajstić information content (AvgIpc) is 3.04. The van der Waals surface area contributed by atoms with Crippen molar-refractivity contribution < 1.29 is 18.7 Å². The Morgan fingerprint density at radius 2 is 2.05 bits per heavy atom. The lowest BCUT2D eigenvalue weighted by molar-refractivity contribution is 0.0589. The maximum absolute atomic E-state index is 11.9. The van der Waals surface area contributed by atoms with E-state index in [0.29, 0.717) is 16.7 Å². The number of hydrogen-bond acceptors (Lipinski definition) is 6. The Hall–Kier alpha value is -3.02. The first-order chi connectivity index (χ1) is 10.7. The van der Waals surface area contributed by atoms with E-state index in [1.165, 1.54) is 13.4 Å². The Morgan fingerprint density at radius 3 is 2.77 bits per heavy atom. The van der Waals surface area contributed by atoms with Gasteiger partial charge in [-0.2, -0.15) is 0 Å².